The Morgan fingerprint density at radius 3 is 2.64 bits per heavy atom. The van der Waals surface area contributed by atoms with Gasteiger partial charge in [-0.3, -0.25) is 4.79 Å². The van der Waals surface area contributed by atoms with Gasteiger partial charge >= 0.3 is 5.97 Å². The van der Waals surface area contributed by atoms with Crippen LogP contribution in [0.25, 0.3) is 0 Å². The molecule has 0 saturated heterocycles. The zero-order valence-corrected chi connectivity index (χ0v) is 9.25. The molecule has 0 saturated carbocycles. The first-order chi connectivity index (χ1) is 6.57. The van der Waals surface area contributed by atoms with E-state index in [2.05, 4.69) is 6.92 Å². The zero-order valence-electron chi connectivity index (χ0n) is 8.49. The quantitative estimate of drug-likeness (QED) is 0.283. The highest BCUT2D eigenvalue weighted by Crippen LogP contribution is 2.01. The molecule has 5 heteroatoms. The van der Waals surface area contributed by atoms with Gasteiger partial charge in [0.25, 0.3) is 0 Å². The van der Waals surface area contributed by atoms with E-state index in [4.69, 9.17) is 25.8 Å². The van der Waals surface area contributed by atoms with E-state index in [9.17, 15) is 4.79 Å². The minimum atomic E-state index is -0.829. The molecule has 0 aliphatic heterocycles. The van der Waals surface area contributed by atoms with Crippen LogP contribution >= 0.6 is 11.6 Å². The smallest absolute Gasteiger partial charge is 0.326 e. The Balaban J connectivity index is 3.45. The van der Waals surface area contributed by atoms with Crippen molar-refractivity contribution < 1.29 is 19.0 Å². The third-order valence-electron chi connectivity index (χ3n) is 1.31. The van der Waals surface area contributed by atoms with E-state index in [0.29, 0.717) is 19.8 Å². The van der Waals surface area contributed by atoms with Crippen LogP contribution in [-0.4, -0.2) is 37.5 Å². The summed E-state index contributed by atoms with van der Waals surface area (Å²) in [6, 6.07) is 0. The molecule has 1 radical (unpaired) electrons. The molecule has 0 aromatic heterocycles. The van der Waals surface area contributed by atoms with Gasteiger partial charge in [-0.2, -0.15) is 0 Å². The maximum Gasteiger partial charge on any atom is 0.326 e. The Morgan fingerprint density at radius 1 is 1.50 bits per heavy atom. The second-order valence-electron chi connectivity index (χ2n) is 2.55. The molecule has 0 amide bonds. The second kappa shape index (κ2) is 8.03. The number of alkyl halides is 1. The van der Waals surface area contributed by atoms with Gasteiger partial charge in [0.15, 0.2) is 0 Å². The maximum absolute atomic E-state index is 10.9. The number of esters is 1. The molecule has 0 heterocycles. The van der Waals surface area contributed by atoms with Crippen molar-refractivity contribution in [2.45, 2.75) is 25.5 Å². The summed E-state index contributed by atoms with van der Waals surface area (Å²) in [5.74, 6) is -0.539. The summed E-state index contributed by atoms with van der Waals surface area (Å²) < 4.78 is 14.8. The molecule has 0 rings (SSSR count). The monoisotopic (exact) mass is 223 g/mol. The fraction of sp³-hybridized carbons (Fsp3) is 0.778. The Morgan fingerprint density at radius 2 is 2.14 bits per heavy atom. The molecule has 0 N–H and O–H groups in total. The van der Waals surface area contributed by atoms with E-state index < -0.39 is 17.6 Å². The van der Waals surface area contributed by atoms with Crippen molar-refractivity contribution in [1.29, 1.82) is 0 Å². The van der Waals surface area contributed by atoms with Crippen molar-refractivity contribution in [3.63, 3.8) is 0 Å². The molecule has 0 aromatic carbocycles. The Kier molecular flexibility index (Phi) is 7.84. The van der Waals surface area contributed by atoms with Crippen LogP contribution in [-0.2, 0) is 19.0 Å². The van der Waals surface area contributed by atoms with Crippen molar-refractivity contribution in [2.24, 2.45) is 0 Å². The first-order valence-corrected chi connectivity index (χ1v) is 4.88. The van der Waals surface area contributed by atoms with Crippen molar-refractivity contribution in [3.05, 3.63) is 6.92 Å². The summed E-state index contributed by atoms with van der Waals surface area (Å²) in [5.41, 5.74) is 0. The van der Waals surface area contributed by atoms with Gasteiger partial charge in [-0.1, -0.05) is 0 Å². The van der Waals surface area contributed by atoms with Gasteiger partial charge in [-0.15, -0.1) is 11.6 Å². The molecule has 83 valence electrons. The molecule has 4 nitrogen and oxygen atoms in total. The average Bonchev–Trinajstić information content (AvgIpc) is 2.12. The summed E-state index contributed by atoms with van der Waals surface area (Å²) in [7, 11) is 0. The predicted octanol–water partition coefficient (Wildman–Crippen LogP) is 1.37. The highest BCUT2D eigenvalue weighted by Gasteiger charge is 2.14. The predicted molar refractivity (Wildman–Crippen MR) is 53.0 cm³/mol. The summed E-state index contributed by atoms with van der Waals surface area (Å²) in [5, 5.41) is -0.685. The number of carbonyl (C=O) groups is 1. The maximum atomic E-state index is 10.9. The van der Waals surface area contributed by atoms with Crippen LogP contribution in [0.5, 0.6) is 0 Å². The Hall–Kier alpha value is -0.320. The van der Waals surface area contributed by atoms with Crippen molar-refractivity contribution in [3.8, 4) is 0 Å². The molecule has 0 aliphatic rings. The fourth-order valence-electron chi connectivity index (χ4n) is 0.640. The number of ether oxygens (including phenoxy) is 3. The topological polar surface area (TPSA) is 44.8 Å². The summed E-state index contributed by atoms with van der Waals surface area (Å²) in [6.45, 7) is 8.31. The molecule has 2 atom stereocenters. The molecule has 0 bridgehead atoms. The van der Waals surface area contributed by atoms with Gasteiger partial charge < -0.3 is 14.2 Å². The number of rotatable bonds is 7. The molecule has 2 unspecified atom stereocenters. The van der Waals surface area contributed by atoms with E-state index >= 15 is 0 Å². The summed E-state index contributed by atoms with van der Waals surface area (Å²) in [4.78, 5) is 10.9. The minimum Gasteiger partial charge on any atom is -0.435 e. The molecule has 0 fully saturated rings. The van der Waals surface area contributed by atoms with E-state index in [0.717, 1.165) is 0 Å². The lowest BCUT2D eigenvalue weighted by Gasteiger charge is -2.14. The van der Waals surface area contributed by atoms with Crippen LogP contribution in [0.3, 0.4) is 0 Å². The number of halogens is 1. The number of hydrogen-bond donors (Lipinski definition) is 0. The summed E-state index contributed by atoms with van der Waals surface area (Å²) >= 11 is 5.47. The number of carbonyl (C=O) groups excluding carboxylic acids is 1. The largest absolute Gasteiger partial charge is 0.435 e. The van der Waals surface area contributed by atoms with E-state index in [-0.39, 0.29) is 0 Å². The van der Waals surface area contributed by atoms with E-state index in [1.54, 1.807) is 0 Å². The molecule has 0 aliphatic carbocycles. The van der Waals surface area contributed by atoms with Crippen LogP contribution in [0.1, 0.15) is 13.8 Å². The third-order valence-corrected chi connectivity index (χ3v) is 1.49. The normalized spacial score (nSPS) is 14.9. The summed E-state index contributed by atoms with van der Waals surface area (Å²) in [6.07, 6.45) is -0.829. The van der Waals surface area contributed by atoms with Gasteiger partial charge in [0, 0.05) is 13.5 Å². The first-order valence-electron chi connectivity index (χ1n) is 4.45. The molecular weight excluding hydrogens is 208 g/mol. The lowest BCUT2D eigenvalue weighted by molar-refractivity contribution is -0.170. The highest BCUT2D eigenvalue weighted by molar-refractivity contribution is 6.29. The lowest BCUT2D eigenvalue weighted by Crippen LogP contribution is -2.24. The van der Waals surface area contributed by atoms with Gasteiger partial charge in [-0.05, 0) is 13.8 Å². The highest BCUT2D eigenvalue weighted by atomic mass is 35.5. The van der Waals surface area contributed by atoms with Gasteiger partial charge in [0.05, 0.1) is 13.2 Å². The van der Waals surface area contributed by atoms with Gasteiger partial charge in [-0.25, -0.2) is 0 Å². The zero-order chi connectivity index (χ0) is 11.0. The second-order valence-corrected chi connectivity index (χ2v) is 3.20. The third kappa shape index (κ3) is 7.12. The lowest BCUT2D eigenvalue weighted by atomic mass is 10.5. The molecule has 0 aromatic rings. The van der Waals surface area contributed by atoms with Crippen LogP contribution in [0.15, 0.2) is 0 Å². The molecule has 0 spiro atoms. The van der Waals surface area contributed by atoms with E-state index in [1.807, 2.05) is 6.92 Å². The number of hydrogen-bond acceptors (Lipinski definition) is 4. The van der Waals surface area contributed by atoms with Gasteiger partial charge in [0.1, 0.15) is 5.38 Å². The Bertz CT molecular complexity index is 161. The Labute approximate surface area is 89.5 Å². The van der Waals surface area contributed by atoms with E-state index in [1.165, 1.54) is 6.92 Å². The van der Waals surface area contributed by atoms with Crippen LogP contribution in [0.4, 0.5) is 0 Å². The average molecular weight is 224 g/mol. The van der Waals surface area contributed by atoms with Gasteiger partial charge in [0.2, 0.25) is 6.29 Å². The fourth-order valence-corrected chi connectivity index (χ4v) is 0.692. The SMILES string of the molecule is [CH2]C(OCCOCC)OC(=O)C(C)Cl. The van der Waals surface area contributed by atoms with Crippen LogP contribution in [0, 0.1) is 6.92 Å². The molecule has 14 heavy (non-hydrogen) atoms. The van der Waals surface area contributed by atoms with Crippen molar-refractivity contribution in [2.75, 3.05) is 19.8 Å². The standard InChI is InChI=1S/C9H16ClO4/c1-4-12-5-6-13-8(3)14-9(11)7(2)10/h7-8H,3-6H2,1-2H3. The van der Waals surface area contributed by atoms with Crippen LogP contribution in [0.2, 0.25) is 0 Å². The van der Waals surface area contributed by atoms with Crippen LogP contribution < -0.4 is 0 Å². The minimum absolute atomic E-state index is 0.339. The molecular formula is C9H16ClO4. The first kappa shape index (κ1) is 13.7. The van der Waals surface area contributed by atoms with Crippen molar-refractivity contribution >= 4 is 17.6 Å². The van der Waals surface area contributed by atoms with Crippen molar-refractivity contribution in [1.82, 2.24) is 0 Å².